The monoisotopic (exact) mass is 526 g/mol. The van der Waals surface area contributed by atoms with Crippen molar-refractivity contribution < 1.29 is 0 Å². The molecule has 1 N–H and O–H groups in total. The molecule has 0 aliphatic heterocycles. The summed E-state index contributed by atoms with van der Waals surface area (Å²) in [5.74, 6) is 1.02. The fraction of sp³-hybridized carbons (Fsp3) is 0.258. The van der Waals surface area contributed by atoms with Gasteiger partial charge in [0.2, 0.25) is 6.71 Å². The van der Waals surface area contributed by atoms with Gasteiger partial charge < -0.3 is 4.98 Å². The molecule has 0 aliphatic carbocycles. The van der Waals surface area contributed by atoms with E-state index in [1.165, 1.54) is 33.9 Å². The summed E-state index contributed by atoms with van der Waals surface area (Å²) in [6.07, 6.45) is 10.7. The second-order valence-electron chi connectivity index (χ2n) is 9.04. The van der Waals surface area contributed by atoms with Crippen LogP contribution in [0.1, 0.15) is 48.0 Å². The second-order valence-corrected chi connectivity index (χ2v) is 9.95. The Kier molecular flexibility index (Phi) is 10.6. The van der Waals surface area contributed by atoms with Crippen LogP contribution in [0.25, 0.3) is 0 Å². The van der Waals surface area contributed by atoms with Crippen molar-refractivity contribution in [2.45, 2.75) is 53.3 Å². The number of benzene rings is 3. The van der Waals surface area contributed by atoms with Gasteiger partial charge in [0.1, 0.15) is 5.82 Å². The number of H-pyrrole nitrogens is 1. The van der Waals surface area contributed by atoms with Gasteiger partial charge >= 0.3 is 0 Å². The molecule has 3 aromatic carbocycles. The summed E-state index contributed by atoms with van der Waals surface area (Å²) in [6, 6.07) is 25.9. The number of hydrogen-bond acceptors (Lipinski definition) is 1. The van der Waals surface area contributed by atoms with Gasteiger partial charge in [-0.05, 0) is 51.3 Å². The molecule has 0 fully saturated rings. The quantitative estimate of drug-likeness (QED) is 0.189. The van der Waals surface area contributed by atoms with E-state index in [2.05, 4.69) is 119 Å². The lowest BCUT2D eigenvalue weighted by molar-refractivity contribution is 1.02. The third kappa shape index (κ3) is 8.40. The summed E-state index contributed by atoms with van der Waals surface area (Å²) < 4.78 is 1.11. The molecule has 0 bridgehead atoms. The molecule has 0 saturated carbocycles. The number of aromatic amines is 1. The molecule has 180 valence electrons. The highest BCUT2D eigenvalue weighted by Gasteiger charge is 2.21. The molecule has 1 heterocycles. The average Bonchev–Trinajstić information content (AvgIpc) is 3.27. The molecule has 0 unspecified atom stereocenters. The molecule has 0 aliphatic rings. The molecule has 0 spiro atoms. The molecule has 1 aromatic heterocycles. The van der Waals surface area contributed by atoms with E-state index in [1.54, 1.807) is 0 Å². The van der Waals surface area contributed by atoms with E-state index in [4.69, 9.17) is 0 Å². The second kappa shape index (κ2) is 13.9. The van der Waals surface area contributed by atoms with Gasteiger partial charge in [-0.15, -0.1) is 0 Å². The van der Waals surface area contributed by atoms with Gasteiger partial charge in [-0.2, -0.15) is 0 Å². The fourth-order valence-electron chi connectivity index (χ4n) is 4.33. The van der Waals surface area contributed by atoms with E-state index in [0.717, 1.165) is 35.3 Å². The van der Waals surface area contributed by atoms with Crippen LogP contribution in [0.5, 0.6) is 0 Å². The van der Waals surface area contributed by atoms with Crippen LogP contribution in [-0.4, -0.2) is 16.7 Å². The SMILES string of the molecule is CCC=CCCB(c1ccccc1C)c1ccccc1C.Cc1cnc(Cc2ccc(Br)cc2)[nH]1. The van der Waals surface area contributed by atoms with Crippen molar-refractivity contribution >= 4 is 33.6 Å². The third-order valence-corrected chi connectivity index (χ3v) is 6.72. The molecular weight excluding hydrogens is 491 g/mol. The predicted octanol–water partition coefficient (Wildman–Crippen LogP) is 7.34. The maximum Gasteiger partial charge on any atom is 0.210 e. The highest BCUT2D eigenvalue weighted by atomic mass is 79.9. The van der Waals surface area contributed by atoms with Crippen LogP contribution in [0, 0.1) is 20.8 Å². The minimum absolute atomic E-state index is 0.494. The maximum absolute atomic E-state index is 4.27. The summed E-state index contributed by atoms with van der Waals surface area (Å²) in [4.78, 5) is 7.48. The van der Waals surface area contributed by atoms with Gasteiger partial charge in [0.25, 0.3) is 0 Å². The summed E-state index contributed by atoms with van der Waals surface area (Å²) in [5.41, 5.74) is 8.10. The smallest absolute Gasteiger partial charge is 0.210 e. The molecule has 0 radical (unpaired) electrons. The number of nitrogens with zero attached hydrogens (tertiary/aromatic N) is 1. The minimum atomic E-state index is 0.494. The predicted molar refractivity (Wildman–Crippen MR) is 157 cm³/mol. The molecule has 35 heavy (non-hydrogen) atoms. The Morgan fingerprint density at radius 3 is 1.94 bits per heavy atom. The summed E-state index contributed by atoms with van der Waals surface area (Å²) in [6.45, 7) is 9.15. The van der Waals surface area contributed by atoms with Gasteiger partial charge in [-0.1, -0.05) is 124 Å². The van der Waals surface area contributed by atoms with Gasteiger partial charge in [0.15, 0.2) is 0 Å². The minimum Gasteiger partial charge on any atom is -0.346 e. The lowest BCUT2D eigenvalue weighted by atomic mass is 9.37. The summed E-state index contributed by atoms with van der Waals surface area (Å²) in [5, 5.41) is 0. The van der Waals surface area contributed by atoms with E-state index < -0.39 is 0 Å². The third-order valence-electron chi connectivity index (χ3n) is 6.19. The number of nitrogens with one attached hydrogen (secondary N) is 1. The van der Waals surface area contributed by atoms with Crippen molar-refractivity contribution in [3.8, 4) is 0 Å². The van der Waals surface area contributed by atoms with Crippen LogP contribution in [0.2, 0.25) is 6.32 Å². The standard InChI is InChI=1S/C20H25B.C11H11BrN2/c1-4-5-6-11-16-21(19-14-9-7-12-17(19)2)20-15-10-8-13-18(20)3;1-8-7-13-11(14-8)6-9-2-4-10(12)5-3-9/h5-10,12-15H,4,11,16H2,1-3H3;2-5,7H,6H2,1H3,(H,13,14). The average molecular weight is 527 g/mol. The van der Waals surface area contributed by atoms with Crippen molar-refractivity contribution in [3.63, 3.8) is 0 Å². The number of hydrogen-bond donors (Lipinski definition) is 1. The first-order valence-electron chi connectivity index (χ1n) is 12.5. The Balaban J connectivity index is 0.000000211. The van der Waals surface area contributed by atoms with Gasteiger partial charge in [0.05, 0.1) is 0 Å². The number of aromatic nitrogens is 2. The molecular formula is C31H36BBrN2. The first-order valence-corrected chi connectivity index (χ1v) is 13.3. The fourth-order valence-corrected chi connectivity index (χ4v) is 4.60. The summed E-state index contributed by atoms with van der Waals surface area (Å²) >= 11 is 3.41. The van der Waals surface area contributed by atoms with Crippen LogP contribution < -0.4 is 10.9 Å². The van der Waals surface area contributed by atoms with Crippen LogP contribution in [-0.2, 0) is 6.42 Å². The Morgan fingerprint density at radius 2 is 1.43 bits per heavy atom. The zero-order valence-electron chi connectivity index (χ0n) is 21.4. The van der Waals surface area contributed by atoms with E-state index >= 15 is 0 Å². The van der Waals surface area contributed by atoms with Crippen molar-refractivity contribution in [1.82, 2.24) is 9.97 Å². The van der Waals surface area contributed by atoms with E-state index in [0.29, 0.717) is 6.71 Å². The topological polar surface area (TPSA) is 28.7 Å². The number of rotatable bonds is 8. The van der Waals surface area contributed by atoms with E-state index in [1.807, 2.05) is 25.3 Å². The van der Waals surface area contributed by atoms with E-state index in [9.17, 15) is 0 Å². The van der Waals surface area contributed by atoms with E-state index in [-0.39, 0.29) is 0 Å². The Hall–Kier alpha value is -2.85. The zero-order chi connectivity index (χ0) is 25.0. The number of allylic oxidation sites excluding steroid dienone is 2. The van der Waals surface area contributed by atoms with Gasteiger partial charge in [-0.3, -0.25) is 0 Å². The lowest BCUT2D eigenvalue weighted by Gasteiger charge is -2.18. The normalized spacial score (nSPS) is 10.8. The lowest BCUT2D eigenvalue weighted by Crippen LogP contribution is -2.44. The largest absolute Gasteiger partial charge is 0.346 e. The Labute approximate surface area is 220 Å². The number of aryl methyl sites for hydroxylation is 3. The van der Waals surface area contributed by atoms with Gasteiger partial charge in [-0.25, -0.2) is 4.98 Å². The molecule has 0 amide bonds. The zero-order valence-corrected chi connectivity index (χ0v) is 23.0. The van der Waals surface area contributed by atoms with Crippen molar-refractivity contribution in [2.75, 3.05) is 0 Å². The first kappa shape index (κ1) is 26.8. The first-order chi connectivity index (χ1) is 17.0. The van der Waals surface area contributed by atoms with Crippen molar-refractivity contribution in [1.29, 1.82) is 0 Å². The van der Waals surface area contributed by atoms with Gasteiger partial charge in [0, 0.05) is 22.8 Å². The van der Waals surface area contributed by atoms with Crippen molar-refractivity contribution in [3.05, 3.63) is 124 Å². The number of halogens is 1. The van der Waals surface area contributed by atoms with Crippen molar-refractivity contribution in [2.24, 2.45) is 0 Å². The molecule has 0 saturated heterocycles. The Morgan fingerprint density at radius 1 is 0.829 bits per heavy atom. The molecule has 4 heteroatoms. The van der Waals surface area contributed by atoms with Crippen LogP contribution in [0.15, 0.2) is 95.6 Å². The Bertz CT molecular complexity index is 1170. The van der Waals surface area contributed by atoms with Crippen LogP contribution in [0.3, 0.4) is 0 Å². The number of imidazole rings is 1. The summed E-state index contributed by atoms with van der Waals surface area (Å²) in [7, 11) is 0. The molecule has 4 rings (SSSR count). The van der Waals surface area contributed by atoms with Crippen LogP contribution in [0.4, 0.5) is 0 Å². The highest BCUT2D eigenvalue weighted by Crippen LogP contribution is 2.13. The molecule has 0 atom stereocenters. The maximum atomic E-state index is 4.27. The molecule has 2 nitrogen and oxygen atoms in total. The molecule has 4 aromatic rings. The highest BCUT2D eigenvalue weighted by molar-refractivity contribution is 9.10. The van der Waals surface area contributed by atoms with Crippen LogP contribution >= 0.6 is 15.9 Å².